The fraction of sp³-hybridized carbons (Fsp3) is 0.526. The van der Waals surface area contributed by atoms with Crippen molar-refractivity contribution in [2.45, 2.75) is 51.4 Å². The van der Waals surface area contributed by atoms with Gasteiger partial charge in [-0.25, -0.2) is 4.79 Å². The Morgan fingerprint density at radius 2 is 1.38 bits per heavy atom. The summed E-state index contributed by atoms with van der Waals surface area (Å²) in [6.07, 6.45) is 5.85. The first kappa shape index (κ1) is 19.8. The van der Waals surface area contributed by atoms with Gasteiger partial charge in [-0.3, -0.25) is 9.59 Å². The molecule has 1 fully saturated rings. The number of nitrogens with one attached hydrogen (secondary N) is 2. The number of aliphatic carboxylic acids is 1. The smallest absolute Gasteiger partial charge is 0.321 e. The van der Waals surface area contributed by atoms with Crippen LogP contribution >= 0.6 is 0 Å². The van der Waals surface area contributed by atoms with Crippen molar-refractivity contribution < 1.29 is 19.5 Å². The topological polar surface area (TPSA) is 98.7 Å². The minimum atomic E-state index is -0.844. The highest BCUT2D eigenvalue weighted by Gasteiger charge is 2.15. The zero-order chi connectivity index (χ0) is 18.8. The molecule has 1 aliphatic rings. The van der Waals surface area contributed by atoms with Gasteiger partial charge in [-0.1, -0.05) is 12.8 Å². The lowest BCUT2D eigenvalue weighted by atomic mass is 10.2. The molecule has 1 saturated heterocycles. The molecule has 1 aliphatic heterocycles. The molecular formula is C19H27N3O4. The molecule has 0 radical (unpaired) electrons. The molecule has 2 rings (SSSR count). The van der Waals surface area contributed by atoms with Crippen molar-refractivity contribution in [2.75, 3.05) is 23.7 Å². The van der Waals surface area contributed by atoms with E-state index in [2.05, 4.69) is 10.6 Å². The van der Waals surface area contributed by atoms with Crippen LogP contribution in [0.25, 0.3) is 0 Å². The maximum absolute atomic E-state index is 12.3. The normalized spacial score (nSPS) is 14.4. The average Bonchev–Trinajstić information content (AvgIpc) is 2.90. The molecule has 1 aromatic carbocycles. The van der Waals surface area contributed by atoms with Crippen LogP contribution in [0, 0.1) is 0 Å². The second-order valence-electron chi connectivity index (χ2n) is 6.56. The van der Waals surface area contributed by atoms with Crippen molar-refractivity contribution in [3.63, 3.8) is 0 Å². The number of benzene rings is 1. The predicted octanol–water partition coefficient (Wildman–Crippen LogP) is 3.68. The predicted molar refractivity (Wildman–Crippen MR) is 100 cm³/mol. The number of amides is 3. The maximum atomic E-state index is 12.3. The first-order valence-corrected chi connectivity index (χ1v) is 9.22. The first-order valence-electron chi connectivity index (χ1n) is 9.22. The van der Waals surface area contributed by atoms with Crippen molar-refractivity contribution in [3.05, 3.63) is 24.3 Å². The van der Waals surface area contributed by atoms with Crippen molar-refractivity contribution in [1.82, 2.24) is 4.90 Å². The second kappa shape index (κ2) is 10.4. The van der Waals surface area contributed by atoms with Crippen LogP contribution in [-0.4, -0.2) is 41.0 Å². The lowest BCUT2D eigenvalue weighted by Gasteiger charge is -2.20. The summed E-state index contributed by atoms with van der Waals surface area (Å²) >= 11 is 0. The maximum Gasteiger partial charge on any atom is 0.321 e. The molecule has 0 aromatic heterocycles. The molecule has 3 amide bonds. The number of carboxylic acids is 1. The highest BCUT2D eigenvalue weighted by Crippen LogP contribution is 2.16. The van der Waals surface area contributed by atoms with E-state index in [4.69, 9.17) is 5.11 Å². The van der Waals surface area contributed by atoms with Crippen molar-refractivity contribution in [3.8, 4) is 0 Å². The molecule has 0 unspecified atom stereocenters. The lowest BCUT2D eigenvalue weighted by molar-refractivity contribution is -0.137. The molecule has 0 spiro atoms. The van der Waals surface area contributed by atoms with Crippen molar-refractivity contribution in [2.24, 2.45) is 0 Å². The Bertz CT molecular complexity index is 608. The summed E-state index contributed by atoms with van der Waals surface area (Å²) in [4.78, 5) is 36.4. The minimum absolute atomic E-state index is 0.0814. The second-order valence-corrected chi connectivity index (χ2v) is 6.56. The van der Waals surface area contributed by atoms with E-state index in [1.165, 1.54) is 12.8 Å². The molecule has 26 heavy (non-hydrogen) atoms. The highest BCUT2D eigenvalue weighted by atomic mass is 16.4. The van der Waals surface area contributed by atoms with Gasteiger partial charge in [0.15, 0.2) is 0 Å². The first-order chi connectivity index (χ1) is 12.5. The summed E-state index contributed by atoms with van der Waals surface area (Å²) in [5.74, 6) is -0.986. The standard InChI is InChI=1S/C19H27N3O4/c23-17(7-3-4-8-18(24)25)20-15-9-11-16(12-10-15)21-19(26)22-13-5-1-2-6-14-22/h9-12H,1-8,13-14H2,(H,20,23)(H,21,26)(H,24,25). The van der Waals surface area contributed by atoms with E-state index >= 15 is 0 Å². The van der Waals surface area contributed by atoms with Gasteiger partial charge in [0.05, 0.1) is 0 Å². The Kier molecular flexibility index (Phi) is 7.92. The average molecular weight is 361 g/mol. The third-order valence-electron chi connectivity index (χ3n) is 4.36. The van der Waals surface area contributed by atoms with Crippen LogP contribution < -0.4 is 10.6 Å². The Morgan fingerprint density at radius 3 is 1.96 bits per heavy atom. The summed E-state index contributed by atoms with van der Waals surface area (Å²) in [5, 5.41) is 14.2. The number of hydrogen-bond acceptors (Lipinski definition) is 3. The van der Waals surface area contributed by atoms with E-state index in [1.807, 2.05) is 4.90 Å². The third-order valence-corrected chi connectivity index (χ3v) is 4.36. The van der Waals surface area contributed by atoms with Gasteiger partial charge < -0.3 is 20.6 Å². The number of nitrogens with zero attached hydrogens (tertiary/aromatic N) is 1. The number of hydrogen-bond donors (Lipinski definition) is 3. The van der Waals surface area contributed by atoms with Gasteiger partial charge >= 0.3 is 12.0 Å². The summed E-state index contributed by atoms with van der Waals surface area (Å²) in [5.41, 5.74) is 1.35. The quantitative estimate of drug-likeness (QED) is 0.645. The van der Waals surface area contributed by atoms with Gasteiger partial charge in [-0.15, -0.1) is 0 Å². The fourth-order valence-corrected chi connectivity index (χ4v) is 2.90. The Hall–Kier alpha value is -2.57. The van der Waals surface area contributed by atoms with Gasteiger partial charge in [0.25, 0.3) is 0 Å². The molecule has 0 atom stereocenters. The van der Waals surface area contributed by atoms with Gasteiger partial charge in [0.2, 0.25) is 5.91 Å². The van der Waals surface area contributed by atoms with Crippen LogP contribution in [-0.2, 0) is 9.59 Å². The van der Waals surface area contributed by atoms with Crippen LogP contribution in [0.4, 0.5) is 16.2 Å². The number of carboxylic acid groups (broad SMARTS) is 1. The third kappa shape index (κ3) is 7.13. The molecule has 1 heterocycles. The van der Waals surface area contributed by atoms with E-state index < -0.39 is 5.97 Å². The van der Waals surface area contributed by atoms with E-state index in [1.54, 1.807) is 24.3 Å². The summed E-state index contributed by atoms with van der Waals surface area (Å²) in [6.45, 7) is 1.59. The summed E-state index contributed by atoms with van der Waals surface area (Å²) in [6, 6.07) is 6.92. The number of unbranched alkanes of at least 4 members (excludes halogenated alkanes) is 1. The Balaban J connectivity index is 1.75. The van der Waals surface area contributed by atoms with Gasteiger partial charge in [0, 0.05) is 37.3 Å². The van der Waals surface area contributed by atoms with Crippen molar-refractivity contribution in [1.29, 1.82) is 0 Å². The minimum Gasteiger partial charge on any atom is -0.481 e. The van der Waals surface area contributed by atoms with Crippen LogP contribution in [0.5, 0.6) is 0 Å². The van der Waals surface area contributed by atoms with Gasteiger partial charge in [0.1, 0.15) is 0 Å². The molecule has 0 saturated carbocycles. The molecule has 142 valence electrons. The molecule has 3 N–H and O–H groups in total. The number of rotatable bonds is 7. The highest BCUT2D eigenvalue weighted by molar-refractivity contribution is 5.92. The largest absolute Gasteiger partial charge is 0.481 e. The zero-order valence-corrected chi connectivity index (χ0v) is 15.0. The van der Waals surface area contributed by atoms with Crippen LogP contribution in [0.1, 0.15) is 51.4 Å². The zero-order valence-electron chi connectivity index (χ0n) is 15.0. The molecule has 7 heteroatoms. The summed E-state index contributed by atoms with van der Waals surface area (Å²) < 4.78 is 0. The Labute approximate surface area is 153 Å². The Morgan fingerprint density at radius 1 is 0.846 bits per heavy atom. The van der Waals surface area contributed by atoms with Crippen LogP contribution in [0.15, 0.2) is 24.3 Å². The molecule has 1 aromatic rings. The SMILES string of the molecule is O=C(O)CCCCC(=O)Nc1ccc(NC(=O)N2CCCCCC2)cc1. The fourth-order valence-electron chi connectivity index (χ4n) is 2.90. The number of anilines is 2. The van der Waals surface area contributed by atoms with E-state index in [9.17, 15) is 14.4 Å². The number of urea groups is 1. The van der Waals surface area contributed by atoms with Gasteiger partial charge in [-0.05, 0) is 49.9 Å². The van der Waals surface area contributed by atoms with E-state index in [0.717, 1.165) is 25.9 Å². The lowest BCUT2D eigenvalue weighted by Crippen LogP contribution is -2.35. The molecular weight excluding hydrogens is 334 g/mol. The molecule has 7 nitrogen and oxygen atoms in total. The van der Waals surface area contributed by atoms with Crippen molar-refractivity contribution >= 4 is 29.3 Å². The molecule has 0 aliphatic carbocycles. The van der Waals surface area contributed by atoms with Gasteiger partial charge in [-0.2, -0.15) is 0 Å². The molecule has 0 bridgehead atoms. The van der Waals surface area contributed by atoms with Crippen LogP contribution in [0.3, 0.4) is 0 Å². The number of carbonyl (C=O) groups excluding carboxylic acids is 2. The van der Waals surface area contributed by atoms with E-state index in [0.29, 0.717) is 30.6 Å². The summed E-state index contributed by atoms with van der Waals surface area (Å²) in [7, 11) is 0. The van der Waals surface area contributed by atoms with Crippen LogP contribution in [0.2, 0.25) is 0 Å². The number of likely N-dealkylation sites (tertiary alicyclic amines) is 1. The monoisotopic (exact) mass is 361 g/mol. The van der Waals surface area contributed by atoms with E-state index in [-0.39, 0.29) is 18.4 Å². The number of carbonyl (C=O) groups is 3.